The number of halogens is 3. The van der Waals surface area contributed by atoms with E-state index in [2.05, 4.69) is 9.40 Å². The summed E-state index contributed by atoms with van der Waals surface area (Å²) in [4.78, 5) is 3.32. The minimum Gasteiger partial charge on any atom is -0.493 e. The molecule has 6 heteroatoms. The maximum absolute atomic E-state index is 12.3. The van der Waals surface area contributed by atoms with E-state index in [9.17, 15) is 13.2 Å². The molecule has 0 atom stereocenters. The molecule has 2 aromatic rings. The number of oxazole rings is 1. The van der Waals surface area contributed by atoms with Gasteiger partial charge in [-0.2, -0.15) is 13.2 Å². The molecule has 0 saturated heterocycles. The molecule has 0 bridgehead atoms. The minimum atomic E-state index is -4.58. The van der Waals surface area contributed by atoms with Crippen LogP contribution in [0.2, 0.25) is 0 Å². The molecule has 0 N–H and O–H groups in total. The van der Waals surface area contributed by atoms with E-state index in [0.29, 0.717) is 0 Å². The van der Waals surface area contributed by atoms with Gasteiger partial charge in [0, 0.05) is 0 Å². The fraction of sp³-hybridized carbons (Fsp3) is 0.222. The third kappa shape index (κ3) is 1.62. The van der Waals surface area contributed by atoms with Crippen molar-refractivity contribution in [2.75, 3.05) is 7.11 Å². The summed E-state index contributed by atoms with van der Waals surface area (Å²) >= 11 is 0. The van der Waals surface area contributed by atoms with Gasteiger partial charge in [0.1, 0.15) is 5.52 Å². The maximum Gasteiger partial charge on any atom is 0.468 e. The number of hydrogen-bond acceptors (Lipinski definition) is 3. The number of benzene rings is 1. The predicted octanol–water partition coefficient (Wildman–Crippen LogP) is 2.86. The summed E-state index contributed by atoms with van der Waals surface area (Å²) < 4.78 is 46.2. The van der Waals surface area contributed by atoms with Crippen LogP contribution in [0.5, 0.6) is 5.75 Å². The number of methoxy groups -OCH3 is 1. The van der Waals surface area contributed by atoms with Crippen molar-refractivity contribution < 1.29 is 22.3 Å². The quantitative estimate of drug-likeness (QED) is 0.736. The van der Waals surface area contributed by atoms with Gasteiger partial charge in [-0.1, -0.05) is 6.07 Å². The lowest BCUT2D eigenvalue weighted by Crippen LogP contribution is -2.04. The maximum atomic E-state index is 12.3. The first-order chi connectivity index (χ1) is 7.02. The molecule has 1 aromatic heterocycles. The standard InChI is InChI=1S/C9H6F3NO2/c1-14-6-4-2-3-5-7(6)15-8(13-5)9(10,11)12/h2-4H,1H3. The van der Waals surface area contributed by atoms with Crippen LogP contribution in [0.4, 0.5) is 13.2 Å². The zero-order valence-corrected chi connectivity index (χ0v) is 7.63. The van der Waals surface area contributed by atoms with Crippen molar-refractivity contribution >= 4 is 11.1 Å². The summed E-state index contributed by atoms with van der Waals surface area (Å²) in [6, 6.07) is 4.48. The molecule has 0 aliphatic heterocycles. The number of aromatic nitrogens is 1. The first-order valence-corrected chi connectivity index (χ1v) is 4.03. The van der Waals surface area contributed by atoms with E-state index in [4.69, 9.17) is 4.74 Å². The second-order valence-corrected chi connectivity index (χ2v) is 2.83. The lowest BCUT2D eigenvalue weighted by Gasteiger charge is -1.98. The molecule has 2 rings (SSSR count). The fourth-order valence-electron chi connectivity index (χ4n) is 1.21. The molecule has 80 valence electrons. The van der Waals surface area contributed by atoms with Crippen LogP contribution in [0.3, 0.4) is 0 Å². The van der Waals surface area contributed by atoms with E-state index in [1.165, 1.54) is 19.2 Å². The van der Waals surface area contributed by atoms with E-state index < -0.39 is 12.1 Å². The number of rotatable bonds is 1. The van der Waals surface area contributed by atoms with Gasteiger partial charge >= 0.3 is 12.1 Å². The van der Waals surface area contributed by atoms with Gasteiger partial charge in [0.2, 0.25) is 0 Å². The molecule has 15 heavy (non-hydrogen) atoms. The van der Waals surface area contributed by atoms with Gasteiger partial charge < -0.3 is 9.15 Å². The predicted molar refractivity (Wildman–Crippen MR) is 45.6 cm³/mol. The Bertz CT molecular complexity index is 490. The van der Waals surface area contributed by atoms with E-state index in [-0.39, 0.29) is 16.8 Å². The van der Waals surface area contributed by atoms with Gasteiger partial charge in [0.05, 0.1) is 7.11 Å². The average molecular weight is 217 g/mol. The highest BCUT2D eigenvalue weighted by Gasteiger charge is 2.37. The molecule has 3 nitrogen and oxygen atoms in total. The SMILES string of the molecule is COc1cccc2nc(C(F)(F)F)oc12. The van der Waals surface area contributed by atoms with Gasteiger partial charge in [-0.3, -0.25) is 0 Å². The molecule has 0 amide bonds. The highest BCUT2D eigenvalue weighted by atomic mass is 19.4. The highest BCUT2D eigenvalue weighted by Crippen LogP contribution is 2.34. The van der Waals surface area contributed by atoms with Crippen molar-refractivity contribution in [3.63, 3.8) is 0 Å². The Balaban J connectivity index is 2.65. The first kappa shape index (κ1) is 9.82. The molecule has 0 spiro atoms. The molecule has 0 saturated carbocycles. The van der Waals surface area contributed by atoms with Gasteiger partial charge in [-0.05, 0) is 12.1 Å². The molecule has 0 radical (unpaired) electrons. The van der Waals surface area contributed by atoms with Crippen LogP contribution in [-0.4, -0.2) is 12.1 Å². The average Bonchev–Trinajstić information content (AvgIpc) is 2.59. The van der Waals surface area contributed by atoms with E-state index >= 15 is 0 Å². The normalized spacial score (nSPS) is 12.0. The van der Waals surface area contributed by atoms with E-state index in [1.807, 2.05) is 0 Å². The van der Waals surface area contributed by atoms with Crippen LogP contribution in [0.25, 0.3) is 11.1 Å². The number of nitrogens with zero attached hydrogens (tertiary/aromatic N) is 1. The molecule has 1 heterocycles. The zero-order chi connectivity index (χ0) is 11.1. The number of para-hydroxylation sites is 1. The Labute approximate surface area is 82.5 Å². The Kier molecular flexibility index (Phi) is 2.06. The van der Waals surface area contributed by atoms with E-state index in [1.54, 1.807) is 6.07 Å². The topological polar surface area (TPSA) is 35.3 Å². The van der Waals surface area contributed by atoms with Crippen molar-refractivity contribution in [3.05, 3.63) is 24.1 Å². The summed E-state index contributed by atoms with van der Waals surface area (Å²) in [6.07, 6.45) is -4.58. The van der Waals surface area contributed by atoms with Crippen molar-refractivity contribution in [2.45, 2.75) is 6.18 Å². The first-order valence-electron chi connectivity index (χ1n) is 4.03. The largest absolute Gasteiger partial charge is 0.493 e. The highest BCUT2D eigenvalue weighted by molar-refractivity contribution is 5.79. The lowest BCUT2D eigenvalue weighted by atomic mass is 10.3. The van der Waals surface area contributed by atoms with Crippen molar-refractivity contribution in [1.29, 1.82) is 0 Å². The summed E-state index contributed by atoms with van der Waals surface area (Å²) in [7, 11) is 1.35. The van der Waals surface area contributed by atoms with Crippen LogP contribution in [-0.2, 0) is 6.18 Å². The van der Waals surface area contributed by atoms with Crippen molar-refractivity contribution in [2.24, 2.45) is 0 Å². The number of ether oxygens (including phenoxy) is 1. The molecule has 0 fully saturated rings. The van der Waals surface area contributed by atoms with Crippen LogP contribution in [0.15, 0.2) is 22.6 Å². The third-order valence-electron chi connectivity index (χ3n) is 1.84. The van der Waals surface area contributed by atoms with Crippen molar-refractivity contribution in [3.8, 4) is 5.75 Å². The van der Waals surface area contributed by atoms with Gasteiger partial charge in [-0.25, -0.2) is 4.98 Å². The third-order valence-corrected chi connectivity index (χ3v) is 1.84. The molecule has 0 unspecified atom stereocenters. The Morgan fingerprint density at radius 3 is 2.67 bits per heavy atom. The lowest BCUT2D eigenvalue weighted by molar-refractivity contribution is -0.156. The van der Waals surface area contributed by atoms with E-state index in [0.717, 1.165) is 0 Å². The second-order valence-electron chi connectivity index (χ2n) is 2.83. The van der Waals surface area contributed by atoms with Crippen LogP contribution in [0.1, 0.15) is 5.89 Å². The Hall–Kier alpha value is -1.72. The Morgan fingerprint density at radius 1 is 1.33 bits per heavy atom. The van der Waals surface area contributed by atoms with Gasteiger partial charge in [-0.15, -0.1) is 0 Å². The van der Waals surface area contributed by atoms with Gasteiger partial charge in [0.25, 0.3) is 0 Å². The molecular formula is C9H6F3NO2. The molecular weight excluding hydrogens is 211 g/mol. The monoisotopic (exact) mass is 217 g/mol. The summed E-state index contributed by atoms with van der Waals surface area (Å²) in [5.41, 5.74) is 0.133. The molecule has 0 aliphatic rings. The number of fused-ring (bicyclic) bond motifs is 1. The number of alkyl halides is 3. The summed E-state index contributed by atoms with van der Waals surface area (Å²) in [5, 5.41) is 0. The summed E-state index contributed by atoms with van der Waals surface area (Å²) in [6.45, 7) is 0. The Morgan fingerprint density at radius 2 is 2.07 bits per heavy atom. The van der Waals surface area contributed by atoms with Crippen LogP contribution < -0.4 is 4.74 Å². The van der Waals surface area contributed by atoms with Crippen molar-refractivity contribution in [1.82, 2.24) is 4.98 Å². The van der Waals surface area contributed by atoms with Crippen LogP contribution >= 0.6 is 0 Å². The fourth-order valence-corrected chi connectivity index (χ4v) is 1.21. The minimum absolute atomic E-state index is 0.00678. The summed E-state index contributed by atoms with van der Waals surface area (Å²) in [5.74, 6) is -1.03. The zero-order valence-electron chi connectivity index (χ0n) is 7.63. The van der Waals surface area contributed by atoms with Crippen LogP contribution in [0, 0.1) is 0 Å². The number of hydrogen-bond donors (Lipinski definition) is 0. The van der Waals surface area contributed by atoms with Gasteiger partial charge in [0.15, 0.2) is 11.3 Å². The second kappa shape index (κ2) is 3.15. The molecule has 0 aliphatic carbocycles. The molecule has 1 aromatic carbocycles. The smallest absolute Gasteiger partial charge is 0.468 e.